The lowest BCUT2D eigenvalue weighted by Gasteiger charge is -2.07. The second-order valence-corrected chi connectivity index (χ2v) is 5.99. The summed E-state index contributed by atoms with van der Waals surface area (Å²) in [4.78, 5) is 12.6. The van der Waals surface area contributed by atoms with Crippen molar-refractivity contribution >= 4 is 52.5 Å². The molecule has 0 aromatic heterocycles. The third kappa shape index (κ3) is 3.57. The van der Waals surface area contributed by atoms with Crippen molar-refractivity contribution in [2.24, 2.45) is 0 Å². The Hall–Kier alpha value is -0.870. The molecule has 1 N–H and O–H groups in total. The monoisotopic (exact) mass is 332 g/mol. The minimum Gasteiger partial charge on any atom is -0.478 e. The number of rotatable bonds is 3. The van der Waals surface area contributed by atoms with Gasteiger partial charge in [0, 0.05) is 14.8 Å². The van der Waals surface area contributed by atoms with Crippen molar-refractivity contribution in [3.05, 3.63) is 57.0 Å². The number of carboxylic acid groups (broad SMARTS) is 1. The topological polar surface area (TPSA) is 37.3 Å². The summed E-state index contributed by atoms with van der Waals surface area (Å²) in [6.45, 7) is 0. The molecule has 6 heteroatoms. The van der Waals surface area contributed by atoms with Crippen molar-refractivity contribution in [1.82, 2.24) is 0 Å². The van der Waals surface area contributed by atoms with Crippen LogP contribution in [0.4, 0.5) is 0 Å². The Morgan fingerprint density at radius 3 is 2.37 bits per heavy atom. The smallest absolute Gasteiger partial charge is 0.336 e. The molecule has 0 spiro atoms. The molecule has 2 nitrogen and oxygen atoms in total. The molecule has 0 saturated carbocycles. The van der Waals surface area contributed by atoms with E-state index in [4.69, 9.17) is 39.9 Å². The maximum absolute atomic E-state index is 11.2. The van der Waals surface area contributed by atoms with Crippen LogP contribution in [0.25, 0.3) is 0 Å². The quantitative estimate of drug-likeness (QED) is 0.806. The first-order valence-electron chi connectivity index (χ1n) is 5.13. The number of aromatic carboxylic acids is 1. The highest BCUT2D eigenvalue weighted by Crippen LogP contribution is 2.35. The highest BCUT2D eigenvalue weighted by Gasteiger charge is 2.12. The fraction of sp³-hybridized carbons (Fsp3) is 0. The number of carbonyl (C=O) groups is 1. The molecule has 19 heavy (non-hydrogen) atoms. The van der Waals surface area contributed by atoms with Crippen molar-refractivity contribution < 1.29 is 9.90 Å². The van der Waals surface area contributed by atoms with Crippen LogP contribution < -0.4 is 0 Å². The molecule has 0 radical (unpaired) electrons. The predicted octanol–water partition coefficient (Wildman–Crippen LogP) is 5.50. The molecule has 0 amide bonds. The molecule has 0 aliphatic carbocycles. The van der Waals surface area contributed by atoms with Gasteiger partial charge in [0.1, 0.15) is 0 Å². The largest absolute Gasteiger partial charge is 0.478 e. The first-order chi connectivity index (χ1) is 8.97. The summed E-state index contributed by atoms with van der Waals surface area (Å²) in [5.41, 5.74) is 0.156. The first-order valence-corrected chi connectivity index (χ1v) is 7.08. The zero-order valence-electron chi connectivity index (χ0n) is 9.36. The van der Waals surface area contributed by atoms with Gasteiger partial charge in [0.05, 0.1) is 15.6 Å². The van der Waals surface area contributed by atoms with Crippen molar-refractivity contribution in [1.29, 1.82) is 0 Å². The van der Waals surface area contributed by atoms with Gasteiger partial charge in [0.15, 0.2) is 0 Å². The highest BCUT2D eigenvalue weighted by molar-refractivity contribution is 7.99. The third-order valence-electron chi connectivity index (χ3n) is 2.29. The van der Waals surface area contributed by atoms with Gasteiger partial charge in [-0.25, -0.2) is 4.79 Å². The van der Waals surface area contributed by atoms with Crippen molar-refractivity contribution in [3.8, 4) is 0 Å². The van der Waals surface area contributed by atoms with Crippen LogP contribution in [0.3, 0.4) is 0 Å². The Labute approximate surface area is 129 Å². The molecule has 98 valence electrons. The van der Waals surface area contributed by atoms with Gasteiger partial charge >= 0.3 is 5.97 Å². The lowest BCUT2D eigenvalue weighted by atomic mass is 10.2. The summed E-state index contributed by atoms with van der Waals surface area (Å²) in [5.74, 6) is -1.02. The van der Waals surface area contributed by atoms with E-state index < -0.39 is 5.97 Å². The Kier molecular flexibility index (Phi) is 4.63. The molecule has 0 aliphatic heterocycles. The van der Waals surface area contributed by atoms with Crippen LogP contribution in [0.2, 0.25) is 15.1 Å². The molecular formula is C13H7Cl3O2S. The summed E-state index contributed by atoms with van der Waals surface area (Å²) in [7, 11) is 0. The van der Waals surface area contributed by atoms with Gasteiger partial charge in [0.2, 0.25) is 0 Å². The van der Waals surface area contributed by atoms with Crippen molar-refractivity contribution in [3.63, 3.8) is 0 Å². The van der Waals surface area contributed by atoms with Crippen LogP contribution >= 0.6 is 46.6 Å². The average Bonchev–Trinajstić information content (AvgIpc) is 2.36. The van der Waals surface area contributed by atoms with E-state index in [1.54, 1.807) is 30.3 Å². The standard InChI is InChI=1S/C13H7Cl3O2S/c14-7-1-4-12(9(5-7)13(17)18)19-8-2-3-10(15)11(16)6-8/h1-6H,(H,17,18). The molecule has 0 aliphatic rings. The van der Waals surface area contributed by atoms with Crippen molar-refractivity contribution in [2.75, 3.05) is 0 Å². The summed E-state index contributed by atoms with van der Waals surface area (Å²) < 4.78 is 0. The molecule has 0 fully saturated rings. The fourth-order valence-electron chi connectivity index (χ4n) is 1.43. The number of hydrogen-bond acceptors (Lipinski definition) is 2. The lowest BCUT2D eigenvalue weighted by molar-refractivity contribution is 0.0693. The van der Waals surface area contributed by atoms with E-state index in [-0.39, 0.29) is 5.56 Å². The minimum absolute atomic E-state index is 0.156. The summed E-state index contributed by atoms with van der Waals surface area (Å²) in [6, 6.07) is 9.87. The fourth-order valence-corrected chi connectivity index (χ4v) is 2.92. The average molecular weight is 334 g/mol. The second kappa shape index (κ2) is 6.06. The zero-order valence-corrected chi connectivity index (χ0v) is 12.4. The first kappa shape index (κ1) is 14.5. The normalized spacial score (nSPS) is 10.5. The zero-order chi connectivity index (χ0) is 14.0. The van der Waals surface area contributed by atoms with Crippen LogP contribution in [0, 0.1) is 0 Å². The van der Waals surface area contributed by atoms with Crippen LogP contribution in [-0.2, 0) is 0 Å². The number of carboxylic acids is 1. The number of halogens is 3. The molecule has 0 atom stereocenters. The Bertz CT molecular complexity index is 644. The minimum atomic E-state index is -1.02. The van der Waals surface area contributed by atoms with E-state index in [1.807, 2.05) is 0 Å². The second-order valence-electron chi connectivity index (χ2n) is 3.62. The van der Waals surface area contributed by atoms with E-state index in [0.29, 0.717) is 20.0 Å². The molecular weight excluding hydrogens is 327 g/mol. The molecule has 0 saturated heterocycles. The van der Waals surface area contributed by atoms with Gasteiger partial charge in [-0.3, -0.25) is 0 Å². The van der Waals surface area contributed by atoms with Gasteiger partial charge in [-0.15, -0.1) is 0 Å². The molecule has 0 unspecified atom stereocenters. The third-order valence-corrected chi connectivity index (χ3v) is 4.33. The Balaban J connectivity index is 2.37. The van der Waals surface area contributed by atoms with Gasteiger partial charge in [0.25, 0.3) is 0 Å². The van der Waals surface area contributed by atoms with Crippen LogP contribution in [-0.4, -0.2) is 11.1 Å². The van der Waals surface area contributed by atoms with E-state index in [1.165, 1.54) is 17.8 Å². The van der Waals surface area contributed by atoms with Crippen molar-refractivity contribution in [2.45, 2.75) is 9.79 Å². The Morgan fingerprint density at radius 1 is 1.00 bits per heavy atom. The summed E-state index contributed by atoms with van der Waals surface area (Å²) in [5, 5.41) is 10.4. The number of hydrogen-bond donors (Lipinski definition) is 1. The van der Waals surface area contributed by atoms with Crippen LogP contribution in [0.15, 0.2) is 46.2 Å². The molecule has 2 aromatic rings. The molecule has 2 rings (SSSR count). The van der Waals surface area contributed by atoms with Gasteiger partial charge < -0.3 is 5.11 Å². The van der Waals surface area contributed by atoms with E-state index in [0.717, 1.165) is 4.90 Å². The lowest BCUT2D eigenvalue weighted by Crippen LogP contribution is -1.98. The van der Waals surface area contributed by atoms with Gasteiger partial charge in [-0.2, -0.15) is 0 Å². The molecule has 0 heterocycles. The Morgan fingerprint density at radius 2 is 1.74 bits per heavy atom. The van der Waals surface area contributed by atoms with Crippen LogP contribution in [0.5, 0.6) is 0 Å². The summed E-state index contributed by atoms with van der Waals surface area (Å²) in [6.07, 6.45) is 0. The predicted molar refractivity (Wildman–Crippen MR) is 79.0 cm³/mol. The van der Waals surface area contributed by atoms with Crippen LogP contribution in [0.1, 0.15) is 10.4 Å². The van der Waals surface area contributed by atoms with E-state index >= 15 is 0 Å². The maximum Gasteiger partial charge on any atom is 0.336 e. The van der Waals surface area contributed by atoms with E-state index in [9.17, 15) is 4.79 Å². The van der Waals surface area contributed by atoms with Gasteiger partial charge in [-0.05, 0) is 36.4 Å². The molecule has 0 bridgehead atoms. The maximum atomic E-state index is 11.2. The van der Waals surface area contributed by atoms with E-state index in [2.05, 4.69) is 0 Å². The number of benzene rings is 2. The summed E-state index contributed by atoms with van der Waals surface area (Å²) >= 11 is 18.8. The highest BCUT2D eigenvalue weighted by atomic mass is 35.5. The van der Waals surface area contributed by atoms with Gasteiger partial charge in [-0.1, -0.05) is 46.6 Å². The molecule has 2 aromatic carbocycles. The SMILES string of the molecule is O=C(O)c1cc(Cl)ccc1Sc1ccc(Cl)c(Cl)c1.